The summed E-state index contributed by atoms with van der Waals surface area (Å²) in [6, 6.07) is 0. The number of allylic oxidation sites excluding steroid dienone is 10. The van der Waals surface area contributed by atoms with Crippen molar-refractivity contribution in [2.45, 2.75) is 495 Å². The van der Waals surface area contributed by atoms with E-state index in [4.69, 9.17) is 18.5 Å². The second-order valence-corrected chi connectivity index (χ2v) is 34.9. The minimum atomic E-state index is -4.40. The van der Waals surface area contributed by atoms with Gasteiger partial charge in [-0.15, -0.1) is 0 Å². The third kappa shape index (κ3) is 90.6. The quantitative estimate of drug-likeness (QED) is 0.0211. The van der Waals surface area contributed by atoms with Crippen LogP contribution in [0, 0.1) is 0 Å². The van der Waals surface area contributed by atoms with Crippen molar-refractivity contribution in [3.63, 3.8) is 0 Å². The summed E-state index contributed by atoms with van der Waals surface area (Å²) in [5, 5.41) is 0. The molecule has 0 aliphatic rings. The van der Waals surface area contributed by atoms with Gasteiger partial charge >= 0.3 is 19.8 Å². The number of ether oxygens (including phenoxy) is 2. The van der Waals surface area contributed by atoms with E-state index in [1.165, 1.54) is 405 Å². The third-order valence-corrected chi connectivity index (χ3v) is 22.5. The van der Waals surface area contributed by atoms with Gasteiger partial charge in [0, 0.05) is 12.8 Å². The molecule has 0 radical (unpaired) electrons. The molecule has 0 aliphatic heterocycles. The van der Waals surface area contributed by atoms with E-state index in [1.807, 2.05) is 21.1 Å². The van der Waals surface area contributed by atoms with Crippen LogP contribution >= 0.6 is 7.82 Å². The molecule has 0 spiro atoms. The maximum absolute atomic E-state index is 13.0. The average molecular weight is 1510 g/mol. The lowest BCUT2D eigenvalue weighted by molar-refractivity contribution is -0.870. The summed E-state index contributed by atoms with van der Waals surface area (Å²) in [4.78, 5) is 36.1. The van der Waals surface area contributed by atoms with Crippen molar-refractivity contribution in [3.8, 4) is 0 Å². The first-order valence-corrected chi connectivity index (χ1v) is 48.5. The van der Waals surface area contributed by atoms with Gasteiger partial charge in [-0.2, -0.15) is 0 Å². The van der Waals surface area contributed by atoms with Crippen molar-refractivity contribution in [2.75, 3.05) is 47.5 Å². The Balaban J connectivity index is 3.82. The second-order valence-electron chi connectivity index (χ2n) is 33.4. The standard InChI is InChI=1S/C96H182NO8P/c1-6-8-10-12-14-16-18-20-22-24-26-28-30-32-34-36-38-40-42-44-46-48-50-52-54-56-58-60-62-64-66-68-70-72-74-76-78-80-82-84-86-88-95(98)102-92-94(93-104-106(100,101)103-91-90-97(3,4)5)105-96(99)89-87-85-83-81-79-77-75-73-71-69-67-65-63-61-59-57-55-53-51-49-47-45-43-41-39-37-35-33-31-29-27-25-23-21-19-17-15-13-11-9-7-2/h18-21,24-27,31,33,94H,6-17,22-23,28-30,32,34-93H2,1-5H3/p+1/b20-18-,21-19-,26-24-,27-25-,33-31-. The summed E-state index contributed by atoms with van der Waals surface area (Å²) in [5.41, 5.74) is 0. The zero-order valence-electron chi connectivity index (χ0n) is 71.7. The Kier molecular flexibility index (Phi) is 84.8. The summed E-state index contributed by atoms with van der Waals surface area (Å²) in [6.07, 6.45) is 119. The van der Waals surface area contributed by atoms with Crippen LogP contribution in [0.15, 0.2) is 60.8 Å². The number of nitrogens with zero attached hydrogens (tertiary/aromatic N) is 1. The van der Waals surface area contributed by atoms with Gasteiger partial charge in [0.1, 0.15) is 19.8 Å². The van der Waals surface area contributed by atoms with Gasteiger partial charge in [-0.25, -0.2) is 4.57 Å². The van der Waals surface area contributed by atoms with Gasteiger partial charge < -0.3 is 18.9 Å². The fraction of sp³-hybridized carbons (Fsp3) is 0.875. The van der Waals surface area contributed by atoms with Crippen molar-refractivity contribution < 1.29 is 42.1 Å². The molecule has 2 atom stereocenters. The van der Waals surface area contributed by atoms with E-state index in [0.717, 1.165) is 51.4 Å². The summed E-state index contributed by atoms with van der Waals surface area (Å²) < 4.78 is 34.9. The van der Waals surface area contributed by atoms with Gasteiger partial charge in [0.15, 0.2) is 6.10 Å². The van der Waals surface area contributed by atoms with Gasteiger partial charge in [-0.3, -0.25) is 18.6 Å². The first-order valence-electron chi connectivity index (χ1n) is 47.0. The van der Waals surface area contributed by atoms with Crippen molar-refractivity contribution >= 4 is 19.8 Å². The Labute approximate surface area is 661 Å². The molecule has 10 heteroatoms. The van der Waals surface area contributed by atoms with E-state index in [-0.39, 0.29) is 25.6 Å². The number of phosphoric acid groups is 1. The lowest BCUT2D eigenvalue weighted by atomic mass is 10.0. The molecule has 0 aromatic heterocycles. The molecule has 0 amide bonds. The molecule has 0 aliphatic carbocycles. The summed E-state index contributed by atoms with van der Waals surface area (Å²) >= 11 is 0. The van der Waals surface area contributed by atoms with Crippen LogP contribution < -0.4 is 0 Å². The molecule has 0 saturated carbocycles. The summed E-state index contributed by atoms with van der Waals surface area (Å²) in [7, 11) is 1.51. The van der Waals surface area contributed by atoms with E-state index in [0.29, 0.717) is 23.9 Å². The van der Waals surface area contributed by atoms with Crippen LogP contribution in [0.3, 0.4) is 0 Å². The molecule has 0 saturated heterocycles. The van der Waals surface area contributed by atoms with Crippen LogP contribution in [-0.2, 0) is 32.7 Å². The van der Waals surface area contributed by atoms with Crippen molar-refractivity contribution in [2.24, 2.45) is 0 Å². The lowest BCUT2D eigenvalue weighted by Gasteiger charge is -2.24. The van der Waals surface area contributed by atoms with E-state index >= 15 is 0 Å². The Morgan fingerprint density at radius 1 is 0.292 bits per heavy atom. The number of unbranched alkanes of at least 4 members (excludes halogenated alkanes) is 65. The molecule has 0 aromatic rings. The molecule has 1 N–H and O–H groups in total. The number of phosphoric ester groups is 1. The van der Waals surface area contributed by atoms with Crippen LogP contribution in [-0.4, -0.2) is 74.9 Å². The molecule has 0 aromatic carbocycles. The third-order valence-electron chi connectivity index (χ3n) is 21.5. The van der Waals surface area contributed by atoms with Gasteiger partial charge in [0.05, 0.1) is 27.7 Å². The highest BCUT2D eigenvalue weighted by atomic mass is 31.2. The number of hydrogen-bond donors (Lipinski definition) is 1. The van der Waals surface area contributed by atoms with Crippen LogP contribution in [0.25, 0.3) is 0 Å². The largest absolute Gasteiger partial charge is 0.472 e. The maximum Gasteiger partial charge on any atom is 0.472 e. The van der Waals surface area contributed by atoms with Crippen molar-refractivity contribution in [1.82, 2.24) is 0 Å². The van der Waals surface area contributed by atoms with Gasteiger partial charge in [-0.1, -0.05) is 453 Å². The van der Waals surface area contributed by atoms with Gasteiger partial charge in [-0.05, 0) is 83.5 Å². The smallest absolute Gasteiger partial charge is 0.462 e. The molecule has 0 bridgehead atoms. The number of likely N-dealkylation sites (N-methyl/N-ethyl adjacent to an activating group) is 1. The molecule has 0 fully saturated rings. The lowest BCUT2D eigenvalue weighted by Crippen LogP contribution is -2.37. The SMILES string of the molecule is CCCCCCC/C=C\C/C=C\C/C=C\CCCCCCCCCCCCCCCCCCCCCCCCCCCCC(=O)OC(COC(=O)CCCCCCCCCCCCCCCCCCCCCCCCCCCCCCC/C=C\C/C=C\CCCCCCC)COP(=O)(O)OCC[N+](C)(C)C. The van der Waals surface area contributed by atoms with Crippen molar-refractivity contribution in [3.05, 3.63) is 60.8 Å². The number of esters is 2. The minimum absolute atomic E-state index is 0.0351. The zero-order valence-corrected chi connectivity index (χ0v) is 72.6. The van der Waals surface area contributed by atoms with E-state index in [9.17, 15) is 19.0 Å². The summed E-state index contributed by atoms with van der Waals surface area (Å²) in [6.45, 7) is 4.50. The Hall–Kier alpha value is -2.29. The zero-order chi connectivity index (χ0) is 76.8. The molecule has 0 heterocycles. The highest BCUT2D eigenvalue weighted by molar-refractivity contribution is 7.47. The fourth-order valence-corrected chi connectivity index (χ4v) is 15.1. The molecular weight excluding hydrogens is 1330 g/mol. The first kappa shape index (κ1) is 104. The highest BCUT2D eigenvalue weighted by Gasteiger charge is 2.27. The second kappa shape index (κ2) is 86.7. The molecule has 0 rings (SSSR count). The predicted molar refractivity (Wildman–Crippen MR) is 464 cm³/mol. The molecule has 9 nitrogen and oxygen atoms in total. The molecular formula is C96H183NO8P+. The first-order chi connectivity index (χ1) is 52.0. The highest BCUT2D eigenvalue weighted by Crippen LogP contribution is 2.43. The normalized spacial score (nSPS) is 13.2. The Morgan fingerprint density at radius 3 is 0.755 bits per heavy atom. The van der Waals surface area contributed by atoms with E-state index in [2.05, 4.69) is 74.6 Å². The number of quaternary nitrogens is 1. The average Bonchev–Trinajstić information content (AvgIpc) is 0.908. The van der Waals surface area contributed by atoms with E-state index in [1.54, 1.807) is 0 Å². The predicted octanol–water partition coefficient (Wildman–Crippen LogP) is 32.0. The van der Waals surface area contributed by atoms with Gasteiger partial charge in [0.25, 0.3) is 0 Å². The Morgan fingerprint density at radius 2 is 0.509 bits per heavy atom. The number of carbonyl (C=O) groups is 2. The fourth-order valence-electron chi connectivity index (χ4n) is 14.4. The van der Waals surface area contributed by atoms with Crippen LogP contribution in [0.1, 0.15) is 489 Å². The van der Waals surface area contributed by atoms with Crippen molar-refractivity contribution in [1.29, 1.82) is 0 Å². The van der Waals surface area contributed by atoms with Crippen LogP contribution in [0.5, 0.6) is 0 Å². The van der Waals surface area contributed by atoms with E-state index < -0.39 is 26.5 Å². The van der Waals surface area contributed by atoms with Crippen LogP contribution in [0.4, 0.5) is 0 Å². The number of hydrogen-bond acceptors (Lipinski definition) is 7. The summed E-state index contributed by atoms with van der Waals surface area (Å²) in [5.74, 6) is -0.768. The molecule has 624 valence electrons. The maximum atomic E-state index is 13.0. The topological polar surface area (TPSA) is 108 Å². The number of carbonyl (C=O) groups excluding carboxylic acids is 2. The molecule has 2 unspecified atom stereocenters. The van der Waals surface area contributed by atoms with Gasteiger partial charge in [0.2, 0.25) is 0 Å². The van der Waals surface area contributed by atoms with Crippen LogP contribution in [0.2, 0.25) is 0 Å². The Bertz CT molecular complexity index is 1980. The minimum Gasteiger partial charge on any atom is -0.462 e. The number of rotatable bonds is 89. The monoisotopic (exact) mass is 1510 g/mol. The molecule has 106 heavy (non-hydrogen) atoms.